The zero-order chi connectivity index (χ0) is 14.2. The quantitative estimate of drug-likeness (QED) is 0.556. The maximum absolute atomic E-state index is 12.0. The van der Waals surface area contributed by atoms with Gasteiger partial charge in [-0.25, -0.2) is 4.79 Å². The SMILES string of the molecule is CC(C)(C)OC(=O)N1CCc2cc(N)c(O)cc2C1. The number of phenolic OH excluding ortho intramolecular Hbond substituents is 1. The van der Waals surface area contributed by atoms with E-state index in [2.05, 4.69) is 0 Å². The van der Waals surface area contributed by atoms with Crippen molar-refractivity contribution in [3.05, 3.63) is 23.3 Å². The van der Waals surface area contributed by atoms with Crippen molar-refractivity contribution in [1.82, 2.24) is 4.90 Å². The summed E-state index contributed by atoms with van der Waals surface area (Å²) in [4.78, 5) is 13.6. The van der Waals surface area contributed by atoms with Gasteiger partial charge in [-0.05, 0) is 50.5 Å². The second-order valence-electron chi connectivity index (χ2n) is 5.83. The summed E-state index contributed by atoms with van der Waals surface area (Å²) >= 11 is 0. The number of anilines is 1. The minimum atomic E-state index is -0.499. The van der Waals surface area contributed by atoms with E-state index in [1.165, 1.54) is 0 Å². The Morgan fingerprint density at radius 2 is 2.05 bits per heavy atom. The summed E-state index contributed by atoms with van der Waals surface area (Å²) in [6, 6.07) is 3.40. The van der Waals surface area contributed by atoms with Crippen LogP contribution < -0.4 is 5.73 Å². The number of hydrogen-bond acceptors (Lipinski definition) is 4. The maximum atomic E-state index is 12.0. The highest BCUT2D eigenvalue weighted by atomic mass is 16.6. The predicted octanol–water partition coefficient (Wildman–Crippen LogP) is 2.27. The molecule has 0 bridgehead atoms. The van der Waals surface area contributed by atoms with Crippen LogP contribution in [0.1, 0.15) is 31.9 Å². The van der Waals surface area contributed by atoms with E-state index in [1.807, 2.05) is 20.8 Å². The molecule has 19 heavy (non-hydrogen) atoms. The Morgan fingerprint density at radius 3 is 2.68 bits per heavy atom. The molecule has 1 aromatic carbocycles. The van der Waals surface area contributed by atoms with E-state index >= 15 is 0 Å². The smallest absolute Gasteiger partial charge is 0.410 e. The average Bonchev–Trinajstić information content (AvgIpc) is 2.27. The van der Waals surface area contributed by atoms with Gasteiger partial charge in [0.2, 0.25) is 0 Å². The number of ether oxygens (including phenoxy) is 1. The number of carbonyl (C=O) groups excluding carboxylic acids is 1. The Balaban J connectivity index is 2.14. The van der Waals surface area contributed by atoms with Gasteiger partial charge in [0.15, 0.2) is 0 Å². The fourth-order valence-electron chi connectivity index (χ4n) is 2.10. The molecule has 5 heteroatoms. The fraction of sp³-hybridized carbons (Fsp3) is 0.500. The summed E-state index contributed by atoms with van der Waals surface area (Å²) in [6.45, 7) is 6.57. The zero-order valence-corrected chi connectivity index (χ0v) is 11.6. The van der Waals surface area contributed by atoms with Crippen LogP contribution in [0.15, 0.2) is 12.1 Å². The van der Waals surface area contributed by atoms with E-state index in [4.69, 9.17) is 10.5 Å². The van der Waals surface area contributed by atoms with Gasteiger partial charge in [-0.3, -0.25) is 0 Å². The Labute approximate surface area is 113 Å². The average molecular weight is 264 g/mol. The van der Waals surface area contributed by atoms with Crippen molar-refractivity contribution in [2.45, 2.75) is 39.3 Å². The van der Waals surface area contributed by atoms with Crippen LogP contribution in [0.4, 0.5) is 10.5 Å². The number of phenols is 1. The lowest BCUT2D eigenvalue weighted by Gasteiger charge is -2.31. The van der Waals surface area contributed by atoms with Crippen molar-refractivity contribution in [1.29, 1.82) is 0 Å². The van der Waals surface area contributed by atoms with Crippen molar-refractivity contribution >= 4 is 11.8 Å². The van der Waals surface area contributed by atoms with Crippen molar-refractivity contribution in [3.8, 4) is 5.75 Å². The first-order chi connectivity index (χ1) is 8.76. The van der Waals surface area contributed by atoms with Crippen molar-refractivity contribution in [2.24, 2.45) is 0 Å². The Morgan fingerprint density at radius 1 is 1.37 bits per heavy atom. The molecule has 1 aliphatic heterocycles. The van der Waals surface area contributed by atoms with Crippen LogP contribution in [0.5, 0.6) is 5.75 Å². The molecule has 0 atom stereocenters. The highest BCUT2D eigenvalue weighted by molar-refractivity contribution is 5.69. The number of nitrogen functional groups attached to an aromatic ring is 1. The van der Waals surface area contributed by atoms with E-state index in [9.17, 15) is 9.90 Å². The summed E-state index contributed by atoms with van der Waals surface area (Å²) < 4.78 is 5.35. The predicted molar refractivity (Wildman–Crippen MR) is 72.9 cm³/mol. The molecule has 1 aromatic rings. The van der Waals surface area contributed by atoms with Crippen LogP contribution in [-0.4, -0.2) is 28.2 Å². The van der Waals surface area contributed by atoms with Gasteiger partial charge in [0.25, 0.3) is 0 Å². The number of amides is 1. The number of benzene rings is 1. The van der Waals surface area contributed by atoms with Crippen LogP contribution in [0, 0.1) is 0 Å². The molecule has 3 N–H and O–H groups in total. The number of nitrogens with two attached hydrogens (primary N) is 1. The molecular formula is C14H20N2O3. The van der Waals surface area contributed by atoms with Gasteiger partial charge in [0, 0.05) is 13.1 Å². The van der Waals surface area contributed by atoms with Crippen LogP contribution in [0.2, 0.25) is 0 Å². The summed E-state index contributed by atoms with van der Waals surface area (Å²) in [5.74, 6) is 0.0600. The highest BCUT2D eigenvalue weighted by Crippen LogP contribution is 2.29. The van der Waals surface area contributed by atoms with E-state index in [-0.39, 0.29) is 11.8 Å². The molecule has 1 heterocycles. The van der Waals surface area contributed by atoms with E-state index in [1.54, 1.807) is 17.0 Å². The number of nitrogens with zero attached hydrogens (tertiary/aromatic N) is 1. The summed E-state index contributed by atoms with van der Waals surface area (Å²) in [5.41, 5.74) is 7.55. The monoisotopic (exact) mass is 264 g/mol. The molecule has 0 saturated carbocycles. The first-order valence-electron chi connectivity index (χ1n) is 6.34. The van der Waals surface area contributed by atoms with Crippen molar-refractivity contribution < 1.29 is 14.6 Å². The van der Waals surface area contributed by atoms with Gasteiger partial charge in [-0.2, -0.15) is 0 Å². The van der Waals surface area contributed by atoms with Crippen LogP contribution in [-0.2, 0) is 17.7 Å². The molecule has 2 rings (SSSR count). The standard InChI is InChI=1S/C14H20N2O3/c1-14(2,3)19-13(18)16-5-4-9-6-11(15)12(17)7-10(9)8-16/h6-7,17H,4-5,8,15H2,1-3H3. The van der Waals surface area contributed by atoms with E-state index in [0.29, 0.717) is 18.8 Å². The normalized spacial score (nSPS) is 15.0. The molecule has 0 aliphatic carbocycles. The fourth-order valence-corrected chi connectivity index (χ4v) is 2.10. The molecule has 0 aromatic heterocycles. The lowest BCUT2D eigenvalue weighted by atomic mass is 9.99. The van der Waals surface area contributed by atoms with Gasteiger partial charge in [-0.15, -0.1) is 0 Å². The largest absolute Gasteiger partial charge is 0.506 e. The minimum absolute atomic E-state index is 0.0600. The topological polar surface area (TPSA) is 75.8 Å². The Bertz CT molecular complexity index is 506. The summed E-state index contributed by atoms with van der Waals surface area (Å²) in [5, 5.41) is 9.63. The minimum Gasteiger partial charge on any atom is -0.506 e. The van der Waals surface area contributed by atoms with Gasteiger partial charge >= 0.3 is 6.09 Å². The van der Waals surface area contributed by atoms with Gasteiger partial charge < -0.3 is 20.5 Å². The van der Waals surface area contributed by atoms with E-state index in [0.717, 1.165) is 17.5 Å². The Hall–Kier alpha value is -1.91. The van der Waals surface area contributed by atoms with Gasteiger partial charge in [-0.1, -0.05) is 0 Å². The molecule has 1 aliphatic rings. The molecule has 0 fully saturated rings. The van der Waals surface area contributed by atoms with Crippen LogP contribution in [0.3, 0.4) is 0 Å². The third-order valence-corrected chi connectivity index (χ3v) is 3.01. The van der Waals surface area contributed by atoms with Gasteiger partial charge in [0.05, 0.1) is 5.69 Å². The lowest BCUT2D eigenvalue weighted by molar-refractivity contribution is 0.0224. The van der Waals surface area contributed by atoms with Crippen LogP contribution in [0.25, 0.3) is 0 Å². The second kappa shape index (κ2) is 4.64. The molecule has 1 amide bonds. The zero-order valence-electron chi connectivity index (χ0n) is 11.6. The maximum Gasteiger partial charge on any atom is 0.410 e. The van der Waals surface area contributed by atoms with Crippen molar-refractivity contribution in [3.63, 3.8) is 0 Å². The third kappa shape index (κ3) is 3.10. The first kappa shape index (κ1) is 13.5. The van der Waals surface area contributed by atoms with Gasteiger partial charge in [0.1, 0.15) is 11.4 Å². The first-order valence-corrected chi connectivity index (χ1v) is 6.34. The lowest BCUT2D eigenvalue weighted by Crippen LogP contribution is -2.39. The molecule has 0 saturated heterocycles. The van der Waals surface area contributed by atoms with Crippen LogP contribution >= 0.6 is 0 Å². The second-order valence-corrected chi connectivity index (χ2v) is 5.83. The number of carbonyl (C=O) groups is 1. The number of rotatable bonds is 0. The molecule has 104 valence electrons. The summed E-state index contributed by atoms with van der Waals surface area (Å²) in [6.07, 6.45) is 0.397. The number of aromatic hydroxyl groups is 1. The number of fused-ring (bicyclic) bond motifs is 1. The third-order valence-electron chi connectivity index (χ3n) is 3.01. The molecule has 0 spiro atoms. The molecule has 5 nitrogen and oxygen atoms in total. The molecular weight excluding hydrogens is 244 g/mol. The molecule has 0 unspecified atom stereocenters. The van der Waals surface area contributed by atoms with E-state index < -0.39 is 5.60 Å². The summed E-state index contributed by atoms with van der Waals surface area (Å²) in [7, 11) is 0. The molecule has 0 radical (unpaired) electrons. The number of hydrogen-bond donors (Lipinski definition) is 2. The highest BCUT2D eigenvalue weighted by Gasteiger charge is 2.26. The Kier molecular flexibility index (Phi) is 3.30. The van der Waals surface area contributed by atoms with Crippen molar-refractivity contribution in [2.75, 3.05) is 12.3 Å².